The highest BCUT2D eigenvalue weighted by molar-refractivity contribution is 7.07. The van der Waals surface area contributed by atoms with Crippen LogP contribution in [-0.2, 0) is 5.54 Å². The van der Waals surface area contributed by atoms with Crippen molar-refractivity contribution < 1.29 is 13.9 Å². The molecule has 1 amide bonds. The van der Waals surface area contributed by atoms with Gasteiger partial charge in [-0.25, -0.2) is 19.0 Å². The third kappa shape index (κ3) is 4.51. The number of carbonyl (C=O) groups excluding carboxylic acids is 1. The molecule has 6 rings (SSSR count). The molecular weight excluding hydrogens is 491 g/mol. The van der Waals surface area contributed by atoms with E-state index in [2.05, 4.69) is 10.1 Å². The van der Waals surface area contributed by atoms with E-state index in [-0.39, 0.29) is 29.7 Å². The number of likely N-dealkylation sites (tertiary alicyclic amines) is 1. The molecule has 0 unspecified atom stereocenters. The lowest BCUT2D eigenvalue weighted by atomic mass is 9.95. The molecule has 2 fully saturated rings. The number of piperidine rings is 1. The maximum absolute atomic E-state index is 13.4. The Hall–Kier alpha value is -3.63. The van der Waals surface area contributed by atoms with Gasteiger partial charge in [-0.2, -0.15) is 5.10 Å². The van der Waals surface area contributed by atoms with Crippen molar-refractivity contribution in [2.24, 2.45) is 17.6 Å². The molecule has 190 valence electrons. The molecule has 8 nitrogen and oxygen atoms in total. The zero-order valence-electron chi connectivity index (χ0n) is 20.8. The van der Waals surface area contributed by atoms with E-state index in [0.717, 1.165) is 11.1 Å². The van der Waals surface area contributed by atoms with Crippen molar-refractivity contribution in [1.29, 1.82) is 0 Å². The number of benzene rings is 1. The Morgan fingerprint density at radius 1 is 1.19 bits per heavy atom. The standard InChI is InChI=1S/C27H27FN6O2S/c1-15-19(12-34(32-15)23-13-37-14-30-23)26(35)33-10-20-21(11-33)25(20)36-24-9-17(27(2,3)29)8-22(31-24)16-4-6-18(28)7-5-16/h4-9,12-14,20-21,25H,10-11,29H2,1-3H3/t20-,21+,25-. The number of halogens is 1. The summed E-state index contributed by atoms with van der Waals surface area (Å²) < 4.78 is 21.4. The lowest BCUT2D eigenvalue weighted by molar-refractivity contribution is 0.0751. The molecular formula is C27H27FN6O2S. The summed E-state index contributed by atoms with van der Waals surface area (Å²) in [6, 6.07) is 10.0. The molecule has 2 N–H and O–H groups in total. The van der Waals surface area contributed by atoms with Crippen LogP contribution in [0.5, 0.6) is 5.88 Å². The van der Waals surface area contributed by atoms with E-state index in [9.17, 15) is 9.18 Å². The van der Waals surface area contributed by atoms with Gasteiger partial charge in [0.1, 0.15) is 11.9 Å². The molecule has 0 radical (unpaired) electrons. The molecule has 2 aliphatic rings. The van der Waals surface area contributed by atoms with Crippen molar-refractivity contribution >= 4 is 17.2 Å². The first-order chi connectivity index (χ1) is 17.7. The minimum atomic E-state index is -0.598. The minimum absolute atomic E-state index is 0.00687. The van der Waals surface area contributed by atoms with Crippen LogP contribution in [0.2, 0.25) is 0 Å². The lowest BCUT2D eigenvalue weighted by Crippen LogP contribution is -2.33. The van der Waals surface area contributed by atoms with Gasteiger partial charge in [-0.15, -0.1) is 11.3 Å². The van der Waals surface area contributed by atoms with Gasteiger partial charge in [0.2, 0.25) is 5.88 Å². The zero-order chi connectivity index (χ0) is 25.9. The molecule has 1 aromatic carbocycles. The lowest BCUT2D eigenvalue weighted by Gasteiger charge is -2.22. The van der Waals surface area contributed by atoms with Crippen LogP contribution in [-0.4, -0.2) is 49.7 Å². The summed E-state index contributed by atoms with van der Waals surface area (Å²) in [7, 11) is 0. The Kier molecular flexibility index (Phi) is 5.61. The van der Waals surface area contributed by atoms with Gasteiger partial charge in [-0.1, -0.05) is 0 Å². The molecule has 3 aromatic heterocycles. The molecule has 10 heteroatoms. The topological polar surface area (TPSA) is 99.2 Å². The van der Waals surface area contributed by atoms with Crippen LogP contribution in [0, 0.1) is 24.6 Å². The summed E-state index contributed by atoms with van der Waals surface area (Å²) in [5, 5.41) is 6.35. The molecule has 1 saturated heterocycles. The maximum Gasteiger partial charge on any atom is 0.257 e. The summed E-state index contributed by atoms with van der Waals surface area (Å²) >= 11 is 1.48. The number of pyridine rings is 1. The van der Waals surface area contributed by atoms with Gasteiger partial charge in [0, 0.05) is 53.7 Å². The fraction of sp³-hybridized carbons (Fsp3) is 0.333. The number of ether oxygens (including phenoxy) is 1. The van der Waals surface area contributed by atoms with Crippen LogP contribution in [0.1, 0.15) is 35.5 Å². The summed E-state index contributed by atoms with van der Waals surface area (Å²) in [5.41, 5.74) is 11.2. The van der Waals surface area contributed by atoms with Crippen molar-refractivity contribution in [3.05, 3.63) is 76.1 Å². The Bertz CT molecular complexity index is 1450. The molecule has 37 heavy (non-hydrogen) atoms. The highest BCUT2D eigenvalue weighted by Gasteiger charge is 2.59. The van der Waals surface area contributed by atoms with E-state index in [0.29, 0.717) is 41.7 Å². The van der Waals surface area contributed by atoms with Gasteiger partial charge in [0.15, 0.2) is 5.82 Å². The minimum Gasteiger partial charge on any atom is -0.474 e. The first-order valence-corrected chi connectivity index (χ1v) is 13.1. The van der Waals surface area contributed by atoms with Gasteiger partial charge in [-0.05, 0) is 56.7 Å². The number of thiazole rings is 1. The van der Waals surface area contributed by atoms with E-state index in [1.54, 1.807) is 28.5 Å². The number of amides is 1. The van der Waals surface area contributed by atoms with Crippen LogP contribution >= 0.6 is 11.3 Å². The van der Waals surface area contributed by atoms with E-state index in [1.807, 2.05) is 43.2 Å². The Labute approximate surface area is 217 Å². The average molecular weight is 519 g/mol. The van der Waals surface area contributed by atoms with Crippen LogP contribution in [0.3, 0.4) is 0 Å². The predicted molar refractivity (Wildman–Crippen MR) is 138 cm³/mol. The van der Waals surface area contributed by atoms with Crippen LogP contribution in [0.4, 0.5) is 4.39 Å². The number of nitrogens with zero attached hydrogens (tertiary/aromatic N) is 5. The highest BCUT2D eigenvalue weighted by Crippen LogP contribution is 2.48. The number of rotatable bonds is 6. The molecule has 1 aliphatic heterocycles. The number of hydrogen-bond donors (Lipinski definition) is 1. The van der Waals surface area contributed by atoms with Crippen LogP contribution < -0.4 is 10.5 Å². The molecule has 0 spiro atoms. The van der Waals surface area contributed by atoms with Crippen molar-refractivity contribution in [3.8, 4) is 23.0 Å². The number of nitrogens with two attached hydrogens (primary N) is 1. The van der Waals surface area contributed by atoms with Crippen LogP contribution in [0.25, 0.3) is 17.1 Å². The first kappa shape index (κ1) is 23.7. The number of carbonyl (C=O) groups is 1. The van der Waals surface area contributed by atoms with Gasteiger partial charge >= 0.3 is 0 Å². The quantitative estimate of drug-likeness (QED) is 0.411. The van der Waals surface area contributed by atoms with Crippen molar-refractivity contribution in [1.82, 2.24) is 24.6 Å². The van der Waals surface area contributed by atoms with E-state index >= 15 is 0 Å². The third-order valence-corrected chi connectivity index (χ3v) is 7.70. The Balaban J connectivity index is 1.16. The number of aromatic nitrogens is 4. The van der Waals surface area contributed by atoms with E-state index in [1.165, 1.54) is 23.5 Å². The normalized spacial score (nSPS) is 20.7. The molecule has 1 aliphatic carbocycles. The SMILES string of the molecule is Cc1nn(-c2cscn2)cc1C(=O)N1C[C@@H]2[C@H](C1)[C@@H]2Oc1cc(C(C)(C)N)cc(-c2ccc(F)cc2)n1. The second-order valence-electron chi connectivity index (χ2n) is 10.3. The van der Waals surface area contributed by atoms with Gasteiger partial charge in [-0.3, -0.25) is 4.79 Å². The fourth-order valence-corrected chi connectivity index (χ4v) is 5.46. The number of aryl methyl sites for hydroxylation is 1. The largest absolute Gasteiger partial charge is 0.474 e. The second-order valence-corrected chi connectivity index (χ2v) is 11.1. The molecule has 4 aromatic rings. The maximum atomic E-state index is 13.4. The van der Waals surface area contributed by atoms with Crippen LogP contribution in [0.15, 0.2) is 53.5 Å². The number of fused-ring (bicyclic) bond motifs is 1. The van der Waals surface area contributed by atoms with E-state index in [4.69, 9.17) is 15.5 Å². The fourth-order valence-electron chi connectivity index (χ4n) is 4.94. The van der Waals surface area contributed by atoms with Gasteiger partial charge in [0.05, 0.1) is 22.5 Å². The Morgan fingerprint density at radius 2 is 1.92 bits per heavy atom. The third-order valence-electron chi connectivity index (χ3n) is 7.13. The summed E-state index contributed by atoms with van der Waals surface area (Å²) in [6.07, 6.45) is 1.75. The zero-order valence-corrected chi connectivity index (χ0v) is 21.6. The summed E-state index contributed by atoms with van der Waals surface area (Å²) in [4.78, 5) is 24.1. The van der Waals surface area contributed by atoms with Gasteiger partial charge in [0.25, 0.3) is 5.91 Å². The van der Waals surface area contributed by atoms with Gasteiger partial charge < -0.3 is 15.4 Å². The molecule has 1 saturated carbocycles. The molecule has 0 bridgehead atoms. The molecule has 3 atom stereocenters. The highest BCUT2D eigenvalue weighted by atomic mass is 32.1. The number of hydrogen-bond acceptors (Lipinski definition) is 7. The summed E-state index contributed by atoms with van der Waals surface area (Å²) in [5.74, 6) is 1.39. The molecule has 4 heterocycles. The first-order valence-electron chi connectivity index (χ1n) is 12.2. The van der Waals surface area contributed by atoms with E-state index < -0.39 is 5.54 Å². The second kappa shape index (κ2) is 8.74. The average Bonchev–Trinajstić information content (AvgIpc) is 3.36. The smallest absolute Gasteiger partial charge is 0.257 e. The van der Waals surface area contributed by atoms with Crippen molar-refractivity contribution in [2.45, 2.75) is 32.4 Å². The predicted octanol–water partition coefficient (Wildman–Crippen LogP) is 4.18. The Morgan fingerprint density at radius 3 is 2.57 bits per heavy atom. The monoisotopic (exact) mass is 518 g/mol. The summed E-state index contributed by atoms with van der Waals surface area (Å²) in [6.45, 7) is 6.95. The van der Waals surface area contributed by atoms with Crippen molar-refractivity contribution in [3.63, 3.8) is 0 Å². The van der Waals surface area contributed by atoms with Crippen molar-refractivity contribution in [2.75, 3.05) is 13.1 Å².